The molecule has 0 unspecified atom stereocenters. The van der Waals surface area contributed by atoms with Crippen LogP contribution in [0.5, 0.6) is 0 Å². The fraction of sp³-hybridized carbons (Fsp3) is 0. The van der Waals surface area contributed by atoms with Gasteiger partial charge in [0.15, 0.2) is 0 Å². The molecule has 0 fully saturated rings. The Morgan fingerprint density at radius 3 is 1.44 bits per heavy atom. The van der Waals surface area contributed by atoms with Crippen molar-refractivity contribution in [1.29, 1.82) is 0 Å². The van der Waals surface area contributed by atoms with Crippen molar-refractivity contribution in [2.24, 2.45) is 0 Å². The van der Waals surface area contributed by atoms with Crippen molar-refractivity contribution in [1.82, 2.24) is 0 Å². The van der Waals surface area contributed by atoms with Crippen LogP contribution in [0.2, 0.25) is 0 Å². The first-order valence-corrected chi connectivity index (χ1v) is 20.1. The summed E-state index contributed by atoms with van der Waals surface area (Å²) in [6.07, 6.45) is 0. The molecule has 0 atom stereocenters. The van der Waals surface area contributed by atoms with Crippen molar-refractivity contribution in [2.45, 2.75) is 0 Å². The molecule has 0 amide bonds. The third-order valence-electron chi connectivity index (χ3n) is 11.9. The Morgan fingerprint density at radius 2 is 0.797 bits per heavy atom. The lowest BCUT2D eigenvalue weighted by molar-refractivity contribution is 0.672. The van der Waals surface area contributed by atoms with Crippen molar-refractivity contribution in [2.75, 3.05) is 4.90 Å². The van der Waals surface area contributed by atoms with Crippen LogP contribution in [0.1, 0.15) is 0 Å². The molecule has 0 saturated carbocycles. The molecule has 2 aromatic heterocycles. The predicted molar refractivity (Wildman–Crippen MR) is 247 cm³/mol. The zero-order valence-electron chi connectivity index (χ0n) is 32.0. The molecular formula is C56H35NO2. The number of fused-ring (bicyclic) bond motifs is 10. The highest BCUT2D eigenvalue weighted by Crippen LogP contribution is 2.46. The topological polar surface area (TPSA) is 29.5 Å². The van der Waals surface area contributed by atoms with Crippen LogP contribution in [0, 0.1) is 0 Å². The fourth-order valence-electron chi connectivity index (χ4n) is 9.04. The van der Waals surface area contributed by atoms with E-state index in [0.29, 0.717) is 0 Å². The Hall–Kier alpha value is -7.88. The van der Waals surface area contributed by atoms with E-state index >= 15 is 0 Å². The first-order valence-electron chi connectivity index (χ1n) is 20.1. The molecule has 12 aromatic rings. The fourth-order valence-corrected chi connectivity index (χ4v) is 9.04. The van der Waals surface area contributed by atoms with Crippen molar-refractivity contribution >= 4 is 82.5 Å². The number of nitrogens with zero attached hydrogens (tertiary/aromatic N) is 1. The van der Waals surface area contributed by atoms with Gasteiger partial charge in [0.1, 0.15) is 22.3 Å². The van der Waals surface area contributed by atoms with E-state index in [2.05, 4.69) is 217 Å². The van der Waals surface area contributed by atoms with Gasteiger partial charge in [-0.1, -0.05) is 152 Å². The Labute approximate surface area is 340 Å². The summed E-state index contributed by atoms with van der Waals surface area (Å²) in [4.78, 5) is 2.36. The molecule has 3 heteroatoms. The maximum absolute atomic E-state index is 6.69. The molecule has 3 nitrogen and oxygen atoms in total. The van der Waals surface area contributed by atoms with Crippen LogP contribution in [0.3, 0.4) is 0 Å². The maximum Gasteiger partial charge on any atom is 0.143 e. The summed E-state index contributed by atoms with van der Waals surface area (Å²) >= 11 is 0. The summed E-state index contributed by atoms with van der Waals surface area (Å²) in [6.45, 7) is 0. The highest BCUT2D eigenvalue weighted by molar-refractivity contribution is 6.20. The van der Waals surface area contributed by atoms with Gasteiger partial charge < -0.3 is 13.7 Å². The predicted octanol–water partition coefficient (Wildman–Crippen LogP) is 16.3. The summed E-state index contributed by atoms with van der Waals surface area (Å²) in [5.41, 5.74) is 13.8. The summed E-state index contributed by atoms with van der Waals surface area (Å²) in [6, 6.07) is 75.6. The van der Waals surface area contributed by atoms with Crippen LogP contribution in [0.15, 0.2) is 221 Å². The Bertz CT molecular complexity index is 3540. The second kappa shape index (κ2) is 13.4. The summed E-state index contributed by atoms with van der Waals surface area (Å²) in [7, 11) is 0. The summed E-state index contributed by atoms with van der Waals surface area (Å²) < 4.78 is 13.2. The number of hydrogen-bond donors (Lipinski definition) is 0. The molecular weight excluding hydrogens is 719 g/mol. The second-order valence-electron chi connectivity index (χ2n) is 15.2. The number of benzene rings is 10. The largest absolute Gasteiger partial charge is 0.455 e. The van der Waals surface area contributed by atoms with Crippen LogP contribution in [-0.2, 0) is 0 Å². The van der Waals surface area contributed by atoms with E-state index in [1.807, 2.05) is 0 Å². The smallest absolute Gasteiger partial charge is 0.143 e. The zero-order chi connectivity index (χ0) is 38.9. The minimum Gasteiger partial charge on any atom is -0.455 e. The van der Waals surface area contributed by atoms with E-state index < -0.39 is 0 Å². The zero-order valence-corrected chi connectivity index (χ0v) is 32.0. The average molecular weight is 754 g/mol. The molecule has 0 bridgehead atoms. The maximum atomic E-state index is 6.69. The quantitative estimate of drug-likeness (QED) is 0.169. The van der Waals surface area contributed by atoms with E-state index in [4.69, 9.17) is 8.83 Å². The molecule has 0 saturated heterocycles. The highest BCUT2D eigenvalue weighted by Gasteiger charge is 2.21. The Kier molecular flexibility index (Phi) is 7.54. The van der Waals surface area contributed by atoms with Crippen molar-refractivity contribution < 1.29 is 8.83 Å². The molecule has 0 aliphatic carbocycles. The monoisotopic (exact) mass is 753 g/mol. The molecule has 276 valence electrons. The Morgan fingerprint density at radius 1 is 0.305 bits per heavy atom. The van der Waals surface area contributed by atoms with E-state index in [-0.39, 0.29) is 0 Å². The van der Waals surface area contributed by atoms with Gasteiger partial charge >= 0.3 is 0 Å². The molecule has 59 heavy (non-hydrogen) atoms. The van der Waals surface area contributed by atoms with Gasteiger partial charge in [0, 0.05) is 38.3 Å². The lowest BCUT2D eigenvalue weighted by atomic mass is 9.97. The molecule has 0 aliphatic heterocycles. The first kappa shape index (κ1) is 33.3. The standard InChI is InChI=1S/C56H35NO2/c1-2-11-36(12-3-1)41-15-8-16-42(35-41)37-23-29-43(30-24-37)57(50-20-10-22-52-54(50)49-34-28-39-14-5-7-18-47(39)56(49)59-52)44-31-25-40(26-32-44)45-19-9-21-51-53(45)48-33-27-38-13-4-6-17-46(38)55(48)58-51/h1-35H. The average Bonchev–Trinajstić information content (AvgIpc) is 3.90. The second-order valence-corrected chi connectivity index (χ2v) is 15.2. The SMILES string of the molecule is c1ccc(-c2cccc(-c3ccc(N(c4ccc(-c5cccc6oc7c8ccccc8ccc7c56)cc4)c4cccc5oc6c7ccccc7ccc6c45)cc3)c2)cc1. The van der Waals surface area contributed by atoms with Crippen LogP contribution < -0.4 is 4.90 Å². The van der Waals surface area contributed by atoms with Gasteiger partial charge in [-0.2, -0.15) is 0 Å². The molecule has 0 aliphatic rings. The lowest BCUT2D eigenvalue weighted by Gasteiger charge is -2.26. The van der Waals surface area contributed by atoms with E-state index in [0.717, 1.165) is 93.8 Å². The van der Waals surface area contributed by atoms with Gasteiger partial charge in [-0.05, 0) is 105 Å². The van der Waals surface area contributed by atoms with Crippen LogP contribution in [0.4, 0.5) is 17.1 Å². The third kappa shape index (κ3) is 5.44. The molecule has 0 radical (unpaired) electrons. The van der Waals surface area contributed by atoms with E-state index in [9.17, 15) is 0 Å². The van der Waals surface area contributed by atoms with E-state index in [1.54, 1.807) is 0 Å². The molecule has 2 heterocycles. The van der Waals surface area contributed by atoms with Gasteiger partial charge in [-0.15, -0.1) is 0 Å². The van der Waals surface area contributed by atoms with Crippen LogP contribution >= 0.6 is 0 Å². The number of anilines is 3. The summed E-state index contributed by atoms with van der Waals surface area (Å²) in [5.74, 6) is 0. The minimum atomic E-state index is 0.857. The van der Waals surface area contributed by atoms with Gasteiger partial charge in [0.25, 0.3) is 0 Å². The van der Waals surface area contributed by atoms with Crippen LogP contribution in [-0.4, -0.2) is 0 Å². The molecule has 0 spiro atoms. The molecule has 12 rings (SSSR count). The Balaban J connectivity index is 1.01. The van der Waals surface area contributed by atoms with Gasteiger partial charge in [0.2, 0.25) is 0 Å². The van der Waals surface area contributed by atoms with Gasteiger partial charge in [0.05, 0.1) is 11.1 Å². The number of furan rings is 2. The van der Waals surface area contributed by atoms with Crippen molar-refractivity contribution in [3.05, 3.63) is 212 Å². The van der Waals surface area contributed by atoms with E-state index in [1.165, 1.54) is 22.1 Å². The molecule has 10 aromatic carbocycles. The third-order valence-corrected chi connectivity index (χ3v) is 11.9. The lowest BCUT2D eigenvalue weighted by Crippen LogP contribution is -2.10. The minimum absolute atomic E-state index is 0.857. The van der Waals surface area contributed by atoms with Crippen molar-refractivity contribution in [3.63, 3.8) is 0 Å². The highest BCUT2D eigenvalue weighted by atomic mass is 16.3. The number of hydrogen-bond acceptors (Lipinski definition) is 3. The molecule has 0 N–H and O–H groups in total. The first-order chi connectivity index (χ1) is 29.2. The van der Waals surface area contributed by atoms with Gasteiger partial charge in [-0.3, -0.25) is 0 Å². The number of rotatable bonds is 6. The summed E-state index contributed by atoms with van der Waals surface area (Å²) in [5, 5.41) is 9.00. The van der Waals surface area contributed by atoms with Gasteiger partial charge in [-0.25, -0.2) is 0 Å². The van der Waals surface area contributed by atoms with Crippen LogP contribution in [0.25, 0.3) is 98.8 Å². The normalized spacial score (nSPS) is 11.7. The van der Waals surface area contributed by atoms with Crippen molar-refractivity contribution in [3.8, 4) is 33.4 Å².